The second-order valence-corrected chi connectivity index (χ2v) is 3.74. The Labute approximate surface area is 99.0 Å². The van der Waals surface area contributed by atoms with E-state index < -0.39 is 6.29 Å². The summed E-state index contributed by atoms with van der Waals surface area (Å²) in [5.41, 5.74) is 0.754. The predicted octanol–water partition coefficient (Wildman–Crippen LogP) is 2.40. The average molecular weight is 245 g/mol. The van der Waals surface area contributed by atoms with Crippen molar-refractivity contribution in [3.8, 4) is 11.5 Å². The lowest BCUT2D eigenvalue weighted by molar-refractivity contribution is -0.0456. The highest BCUT2D eigenvalue weighted by atomic mass is 35.5. The van der Waals surface area contributed by atoms with Crippen LogP contribution in [0.2, 0.25) is 5.02 Å². The van der Waals surface area contributed by atoms with Crippen molar-refractivity contribution in [1.82, 2.24) is 0 Å². The van der Waals surface area contributed by atoms with Crippen LogP contribution < -0.4 is 9.47 Å². The van der Waals surface area contributed by atoms with Gasteiger partial charge in [0.25, 0.3) is 0 Å². The number of hydrogen-bond donors (Lipinski definition) is 0. The Bertz CT molecular complexity index is 374. The highest BCUT2D eigenvalue weighted by molar-refractivity contribution is 6.30. The fourth-order valence-electron chi connectivity index (χ4n) is 1.67. The summed E-state index contributed by atoms with van der Waals surface area (Å²) >= 11 is 5.99. The van der Waals surface area contributed by atoms with E-state index in [4.69, 9.17) is 30.5 Å². The van der Waals surface area contributed by atoms with E-state index in [9.17, 15) is 0 Å². The van der Waals surface area contributed by atoms with Gasteiger partial charge in [-0.25, -0.2) is 0 Å². The van der Waals surface area contributed by atoms with Gasteiger partial charge in [0.1, 0.15) is 0 Å². The van der Waals surface area contributed by atoms with Crippen LogP contribution in [-0.2, 0) is 9.47 Å². The van der Waals surface area contributed by atoms with Crippen molar-refractivity contribution in [3.05, 3.63) is 22.7 Å². The lowest BCUT2D eigenvalue weighted by Gasteiger charge is -2.16. The Hall–Kier alpha value is -0.970. The van der Waals surface area contributed by atoms with Gasteiger partial charge in [-0.15, -0.1) is 0 Å². The van der Waals surface area contributed by atoms with Gasteiger partial charge in [-0.1, -0.05) is 11.6 Å². The first-order chi connectivity index (χ1) is 7.76. The summed E-state index contributed by atoms with van der Waals surface area (Å²) in [5, 5.41) is 0.562. The van der Waals surface area contributed by atoms with Crippen molar-refractivity contribution < 1.29 is 18.9 Å². The molecule has 0 spiro atoms. The lowest BCUT2D eigenvalue weighted by Crippen LogP contribution is -2.03. The standard InChI is InChI=1S/C11H13ClO4/c1-13-9-6-7(12)5-8(10(9)14-2)11-15-3-4-16-11/h5-6,11H,3-4H2,1-2H3. The first-order valence-electron chi connectivity index (χ1n) is 4.91. The van der Waals surface area contributed by atoms with Crippen LogP contribution >= 0.6 is 11.6 Å². The molecule has 0 atom stereocenters. The van der Waals surface area contributed by atoms with Crippen LogP contribution in [0, 0.1) is 0 Å². The topological polar surface area (TPSA) is 36.9 Å². The largest absolute Gasteiger partial charge is 0.493 e. The molecule has 5 heteroatoms. The molecule has 0 saturated carbocycles. The predicted molar refractivity (Wildman–Crippen MR) is 59.2 cm³/mol. The third-order valence-electron chi connectivity index (χ3n) is 2.35. The SMILES string of the molecule is COc1cc(Cl)cc(C2OCCO2)c1OC. The Kier molecular flexibility index (Phi) is 3.53. The molecule has 0 unspecified atom stereocenters. The minimum absolute atomic E-state index is 0.428. The van der Waals surface area contributed by atoms with Crippen molar-refractivity contribution in [2.24, 2.45) is 0 Å². The van der Waals surface area contributed by atoms with Gasteiger partial charge in [0.15, 0.2) is 17.8 Å². The van der Waals surface area contributed by atoms with E-state index in [2.05, 4.69) is 0 Å². The van der Waals surface area contributed by atoms with Gasteiger partial charge in [-0.3, -0.25) is 0 Å². The smallest absolute Gasteiger partial charge is 0.187 e. The maximum atomic E-state index is 5.99. The molecule has 0 amide bonds. The van der Waals surface area contributed by atoms with Crippen molar-refractivity contribution in [2.45, 2.75) is 6.29 Å². The van der Waals surface area contributed by atoms with Gasteiger partial charge in [0.05, 0.1) is 33.0 Å². The minimum atomic E-state index is -0.428. The molecule has 0 aliphatic carbocycles. The summed E-state index contributed by atoms with van der Waals surface area (Å²) in [5.74, 6) is 1.17. The van der Waals surface area contributed by atoms with E-state index in [-0.39, 0.29) is 0 Å². The van der Waals surface area contributed by atoms with Crippen molar-refractivity contribution in [2.75, 3.05) is 27.4 Å². The molecule has 16 heavy (non-hydrogen) atoms. The maximum Gasteiger partial charge on any atom is 0.187 e. The van der Waals surface area contributed by atoms with Crippen molar-refractivity contribution in [1.29, 1.82) is 0 Å². The molecule has 1 saturated heterocycles. The summed E-state index contributed by atoms with van der Waals surface area (Å²) in [6.45, 7) is 1.14. The highest BCUT2D eigenvalue weighted by Crippen LogP contribution is 2.40. The van der Waals surface area contributed by atoms with E-state index in [1.54, 1.807) is 26.4 Å². The summed E-state index contributed by atoms with van der Waals surface area (Å²) in [6, 6.07) is 3.46. The minimum Gasteiger partial charge on any atom is -0.493 e. The summed E-state index contributed by atoms with van der Waals surface area (Å²) in [6.07, 6.45) is -0.428. The first-order valence-corrected chi connectivity index (χ1v) is 5.28. The van der Waals surface area contributed by atoms with Gasteiger partial charge in [0.2, 0.25) is 0 Å². The Balaban J connectivity index is 2.44. The van der Waals surface area contributed by atoms with Crippen LogP contribution in [0.25, 0.3) is 0 Å². The first kappa shape index (κ1) is 11.5. The molecule has 1 aliphatic heterocycles. The Morgan fingerprint density at radius 2 is 1.88 bits per heavy atom. The van der Waals surface area contributed by atoms with E-state index in [1.807, 2.05) is 0 Å². The quantitative estimate of drug-likeness (QED) is 0.818. The molecular weight excluding hydrogens is 232 g/mol. The molecule has 0 bridgehead atoms. The van der Waals surface area contributed by atoms with E-state index >= 15 is 0 Å². The molecule has 4 nitrogen and oxygen atoms in total. The molecule has 1 heterocycles. The van der Waals surface area contributed by atoms with Crippen LogP contribution in [0.15, 0.2) is 12.1 Å². The number of ether oxygens (including phenoxy) is 4. The van der Waals surface area contributed by atoms with E-state index in [0.717, 1.165) is 5.56 Å². The third-order valence-corrected chi connectivity index (χ3v) is 2.57. The maximum absolute atomic E-state index is 5.99. The van der Waals surface area contributed by atoms with Crippen LogP contribution in [0.1, 0.15) is 11.9 Å². The fourth-order valence-corrected chi connectivity index (χ4v) is 1.89. The zero-order chi connectivity index (χ0) is 11.5. The van der Waals surface area contributed by atoms with Gasteiger partial charge < -0.3 is 18.9 Å². The summed E-state index contributed by atoms with van der Waals surface area (Å²) in [4.78, 5) is 0. The second-order valence-electron chi connectivity index (χ2n) is 3.30. The van der Waals surface area contributed by atoms with Crippen LogP contribution in [0.5, 0.6) is 11.5 Å². The van der Waals surface area contributed by atoms with Gasteiger partial charge in [-0.2, -0.15) is 0 Å². The molecule has 1 aromatic rings. The van der Waals surface area contributed by atoms with Crippen LogP contribution in [0.4, 0.5) is 0 Å². The molecule has 0 N–H and O–H groups in total. The number of methoxy groups -OCH3 is 2. The Morgan fingerprint density at radius 3 is 2.44 bits per heavy atom. The van der Waals surface area contributed by atoms with E-state index in [1.165, 1.54) is 0 Å². The van der Waals surface area contributed by atoms with Crippen LogP contribution in [0.3, 0.4) is 0 Å². The van der Waals surface area contributed by atoms with Gasteiger partial charge in [-0.05, 0) is 6.07 Å². The monoisotopic (exact) mass is 244 g/mol. The Morgan fingerprint density at radius 1 is 1.19 bits per heavy atom. The van der Waals surface area contributed by atoms with Gasteiger partial charge >= 0.3 is 0 Å². The summed E-state index contributed by atoms with van der Waals surface area (Å²) in [7, 11) is 3.14. The average Bonchev–Trinajstić information content (AvgIpc) is 2.81. The fraction of sp³-hybridized carbons (Fsp3) is 0.455. The number of hydrogen-bond acceptors (Lipinski definition) is 4. The zero-order valence-electron chi connectivity index (χ0n) is 9.16. The number of benzene rings is 1. The molecular formula is C11H13ClO4. The van der Waals surface area contributed by atoms with Crippen molar-refractivity contribution in [3.63, 3.8) is 0 Å². The lowest BCUT2D eigenvalue weighted by atomic mass is 10.1. The normalized spacial score (nSPS) is 16.4. The molecule has 88 valence electrons. The second kappa shape index (κ2) is 4.91. The molecule has 2 rings (SSSR count). The highest BCUT2D eigenvalue weighted by Gasteiger charge is 2.25. The van der Waals surface area contributed by atoms with Crippen LogP contribution in [-0.4, -0.2) is 27.4 Å². The third kappa shape index (κ3) is 2.09. The number of halogens is 1. The zero-order valence-corrected chi connectivity index (χ0v) is 9.91. The number of rotatable bonds is 3. The molecule has 0 aromatic heterocycles. The van der Waals surface area contributed by atoms with Crippen molar-refractivity contribution >= 4 is 11.6 Å². The molecule has 1 aromatic carbocycles. The molecule has 1 fully saturated rings. The van der Waals surface area contributed by atoms with Gasteiger partial charge in [0, 0.05) is 11.1 Å². The summed E-state index contributed by atoms with van der Waals surface area (Å²) < 4.78 is 21.3. The molecule has 0 radical (unpaired) electrons. The van der Waals surface area contributed by atoms with E-state index in [0.29, 0.717) is 29.7 Å². The molecule has 1 aliphatic rings.